The van der Waals surface area contributed by atoms with E-state index in [1.165, 1.54) is 35.6 Å². The molecule has 0 bridgehead atoms. The molecular weight excluding hydrogens is 392 g/mol. The van der Waals surface area contributed by atoms with Crippen LogP contribution in [0.25, 0.3) is 21.5 Å². The third-order valence-corrected chi connectivity index (χ3v) is 5.43. The number of aryl methyl sites for hydroxylation is 1. The van der Waals surface area contributed by atoms with Gasteiger partial charge in [0.2, 0.25) is 0 Å². The van der Waals surface area contributed by atoms with Crippen molar-refractivity contribution in [3.05, 3.63) is 80.0 Å². The molecule has 0 radical (unpaired) electrons. The molecule has 0 fully saturated rings. The summed E-state index contributed by atoms with van der Waals surface area (Å²) < 4.78 is 29.2. The summed E-state index contributed by atoms with van der Waals surface area (Å²) in [5, 5.41) is 5.33. The normalized spacial score (nSPS) is 11.3. The number of hydrogen-bond donors (Lipinski definition) is 0. The number of thiazole rings is 1. The highest BCUT2D eigenvalue weighted by molar-refractivity contribution is 7.19. The molecule has 27 heavy (non-hydrogen) atoms. The Morgan fingerprint density at radius 1 is 1.15 bits per heavy atom. The van der Waals surface area contributed by atoms with Crippen molar-refractivity contribution >= 4 is 33.2 Å². The van der Waals surface area contributed by atoms with Gasteiger partial charge in [-0.3, -0.25) is 4.79 Å². The molecule has 2 heterocycles. The molecule has 4 nitrogen and oxygen atoms in total. The van der Waals surface area contributed by atoms with Crippen molar-refractivity contribution in [1.29, 1.82) is 0 Å². The van der Waals surface area contributed by atoms with Crippen LogP contribution >= 0.6 is 22.9 Å². The van der Waals surface area contributed by atoms with Crippen LogP contribution in [-0.4, -0.2) is 14.8 Å². The Morgan fingerprint density at radius 3 is 2.59 bits per heavy atom. The zero-order valence-electron chi connectivity index (χ0n) is 14.0. The summed E-state index contributed by atoms with van der Waals surface area (Å²) in [4.78, 5) is 17.1. The summed E-state index contributed by atoms with van der Waals surface area (Å²) in [6.45, 7) is 1.65. The van der Waals surface area contributed by atoms with Crippen LogP contribution < -0.4 is 5.56 Å². The van der Waals surface area contributed by atoms with Gasteiger partial charge in [0.25, 0.3) is 5.56 Å². The van der Waals surface area contributed by atoms with Crippen LogP contribution in [0.15, 0.2) is 47.3 Å². The van der Waals surface area contributed by atoms with Crippen LogP contribution in [0.1, 0.15) is 10.6 Å². The van der Waals surface area contributed by atoms with Crippen LogP contribution in [0.2, 0.25) is 5.02 Å². The number of halogens is 3. The first-order valence-corrected chi connectivity index (χ1v) is 9.20. The number of rotatable bonds is 3. The van der Waals surface area contributed by atoms with Crippen molar-refractivity contribution in [2.75, 3.05) is 0 Å². The molecule has 0 saturated carbocycles. The second-order valence-corrected chi connectivity index (χ2v) is 7.54. The second-order valence-electron chi connectivity index (χ2n) is 5.93. The van der Waals surface area contributed by atoms with Gasteiger partial charge in [0.05, 0.1) is 16.3 Å². The summed E-state index contributed by atoms with van der Waals surface area (Å²) in [6.07, 6.45) is 0. The second kappa shape index (κ2) is 6.83. The molecule has 0 spiro atoms. The molecule has 4 aromatic rings. The lowest BCUT2D eigenvalue weighted by Crippen LogP contribution is -2.25. The lowest BCUT2D eigenvalue weighted by molar-refractivity contribution is 0.576. The largest absolute Gasteiger partial charge is 0.294 e. The topological polar surface area (TPSA) is 47.8 Å². The Bertz CT molecular complexity index is 1200. The molecule has 0 N–H and O–H groups in total. The van der Waals surface area contributed by atoms with Gasteiger partial charge in [0.1, 0.15) is 17.3 Å². The van der Waals surface area contributed by atoms with Crippen LogP contribution in [0.4, 0.5) is 8.78 Å². The molecule has 136 valence electrons. The van der Waals surface area contributed by atoms with Gasteiger partial charge in [-0.25, -0.2) is 18.4 Å². The van der Waals surface area contributed by atoms with E-state index in [2.05, 4.69) is 10.1 Å². The van der Waals surface area contributed by atoms with Crippen molar-refractivity contribution in [1.82, 2.24) is 14.8 Å². The molecule has 0 amide bonds. The summed E-state index contributed by atoms with van der Waals surface area (Å²) in [7, 11) is 0. The van der Waals surface area contributed by atoms with Gasteiger partial charge in [-0.15, -0.1) is 11.3 Å². The SMILES string of the molecule is Cc1nc2c(=O)n(Cc3c(F)cccc3Cl)nc(-c3ccc(F)cc3)c2s1. The molecule has 0 unspecified atom stereocenters. The van der Waals surface area contributed by atoms with E-state index >= 15 is 0 Å². The van der Waals surface area contributed by atoms with E-state index in [9.17, 15) is 13.6 Å². The Balaban J connectivity index is 1.95. The van der Waals surface area contributed by atoms with E-state index in [1.54, 1.807) is 25.1 Å². The van der Waals surface area contributed by atoms with Gasteiger partial charge >= 0.3 is 0 Å². The predicted octanol–water partition coefficient (Wildman–Crippen LogP) is 4.81. The van der Waals surface area contributed by atoms with E-state index in [4.69, 9.17) is 11.6 Å². The highest BCUT2D eigenvalue weighted by Crippen LogP contribution is 2.30. The first kappa shape index (κ1) is 17.8. The van der Waals surface area contributed by atoms with Crippen molar-refractivity contribution in [3.8, 4) is 11.3 Å². The molecule has 2 aromatic carbocycles. The molecule has 0 saturated heterocycles. The highest BCUT2D eigenvalue weighted by atomic mass is 35.5. The average Bonchev–Trinajstić information content (AvgIpc) is 3.03. The maximum atomic E-state index is 14.2. The number of hydrogen-bond acceptors (Lipinski definition) is 4. The van der Waals surface area contributed by atoms with Gasteiger partial charge in [0, 0.05) is 16.1 Å². The quantitative estimate of drug-likeness (QED) is 0.493. The van der Waals surface area contributed by atoms with Gasteiger partial charge in [-0.05, 0) is 43.3 Å². The minimum atomic E-state index is -0.519. The maximum Gasteiger partial charge on any atom is 0.294 e. The van der Waals surface area contributed by atoms with Gasteiger partial charge in [0.15, 0.2) is 5.52 Å². The van der Waals surface area contributed by atoms with E-state index < -0.39 is 11.4 Å². The third-order valence-electron chi connectivity index (χ3n) is 4.09. The fourth-order valence-corrected chi connectivity index (χ4v) is 3.94. The van der Waals surface area contributed by atoms with Crippen LogP contribution in [-0.2, 0) is 6.54 Å². The Kier molecular flexibility index (Phi) is 4.49. The molecular formula is C19H12ClF2N3OS. The van der Waals surface area contributed by atoms with Gasteiger partial charge in [-0.2, -0.15) is 5.10 Å². The Labute approximate surface area is 161 Å². The lowest BCUT2D eigenvalue weighted by atomic mass is 10.1. The first-order valence-electron chi connectivity index (χ1n) is 8.01. The van der Waals surface area contributed by atoms with E-state index in [1.807, 2.05) is 0 Å². The zero-order chi connectivity index (χ0) is 19.1. The lowest BCUT2D eigenvalue weighted by Gasteiger charge is -2.10. The van der Waals surface area contributed by atoms with Crippen LogP contribution in [0.5, 0.6) is 0 Å². The summed E-state index contributed by atoms with van der Waals surface area (Å²) in [5.74, 6) is -0.893. The molecule has 0 aliphatic heterocycles. The standard InChI is InChI=1S/C19H12ClF2N3OS/c1-10-23-17-18(27-10)16(11-5-7-12(21)8-6-11)24-25(19(17)26)9-13-14(20)3-2-4-15(13)22/h2-8H,9H2,1H3. The smallest absolute Gasteiger partial charge is 0.265 e. The Morgan fingerprint density at radius 2 is 1.89 bits per heavy atom. The van der Waals surface area contributed by atoms with Crippen LogP contribution in [0, 0.1) is 18.6 Å². The minimum absolute atomic E-state index is 0.134. The minimum Gasteiger partial charge on any atom is -0.265 e. The van der Waals surface area contributed by atoms with Crippen molar-refractivity contribution < 1.29 is 8.78 Å². The van der Waals surface area contributed by atoms with Crippen molar-refractivity contribution in [2.45, 2.75) is 13.5 Å². The first-order chi connectivity index (χ1) is 12.9. The third kappa shape index (κ3) is 3.24. The molecule has 0 aliphatic rings. The molecule has 2 aromatic heterocycles. The molecule has 0 aliphatic carbocycles. The molecule has 4 rings (SSSR count). The van der Waals surface area contributed by atoms with E-state index in [-0.39, 0.29) is 28.5 Å². The molecule has 8 heteroatoms. The monoisotopic (exact) mass is 403 g/mol. The van der Waals surface area contributed by atoms with Gasteiger partial charge in [-0.1, -0.05) is 17.7 Å². The van der Waals surface area contributed by atoms with Crippen molar-refractivity contribution in [3.63, 3.8) is 0 Å². The summed E-state index contributed by atoms with van der Waals surface area (Å²) in [5.41, 5.74) is 1.12. The Hall–Kier alpha value is -2.64. The predicted molar refractivity (Wildman–Crippen MR) is 102 cm³/mol. The average molecular weight is 404 g/mol. The van der Waals surface area contributed by atoms with Crippen LogP contribution in [0.3, 0.4) is 0 Å². The zero-order valence-corrected chi connectivity index (χ0v) is 15.6. The number of fused-ring (bicyclic) bond motifs is 1. The van der Waals surface area contributed by atoms with E-state index in [0.717, 1.165) is 4.68 Å². The fraction of sp³-hybridized carbons (Fsp3) is 0.105. The van der Waals surface area contributed by atoms with Crippen molar-refractivity contribution in [2.24, 2.45) is 0 Å². The van der Waals surface area contributed by atoms with E-state index in [0.29, 0.717) is 21.0 Å². The highest BCUT2D eigenvalue weighted by Gasteiger charge is 2.18. The molecule has 0 atom stereocenters. The maximum absolute atomic E-state index is 14.2. The summed E-state index contributed by atoms with van der Waals surface area (Å²) >= 11 is 7.42. The summed E-state index contributed by atoms with van der Waals surface area (Å²) in [6, 6.07) is 10.1. The number of nitrogens with zero attached hydrogens (tertiary/aromatic N) is 3. The number of benzene rings is 2. The van der Waals surface area contributed by atoms with Gasteiger partial charge < -0.3 is 0 Å². The number of aromatic nitrogens is 3. The fourth-order valence-electron chi connectivity index (χ4n) is 2.80.